The Balaban J connectivity index is 1.70. The van der Waals surface area contributed by atoms with E-state index in [1.807, 2.05) is 0 Å². The van der Waals surface area contributed by atoms with Gasteiger partial charge in [0.2, 0.25) is 5.91 Å². The Kier molecular flexibility index (Phi) is 5.29. The molecule has 1 aromatic rings. The first-order valence-corrected chi connectivity index (χ1v) is 8.76. The minimum absolute atomic E-state index is 0.0631. The van der Waals surface area contributed by atoms with Crippen LogP contribution in [0, 0.1) is 5.92 Å². The fourth-order valence-electron chi connectivity index (χ4n) is 3.45. The summed E-state index contributed by atoms with van der Waals surface area (Å²) in [6.07, 6.45) is 2.61. The van der Waals surface area contributed by atoms with Crippen molar-refractivity contribution in [1.82, 2.24) is 4.90 Å². The van der Waals surface area contributed by atoms with Crippen molar-refractivity contribution in [2.75, 3.05) is 37.0 Å². The van der Waals surface area contributed by atoms with E-state index < -0.39 is 11.9 Å². The summed E-state index contributed by atoms with van der Waals surface area (Å²) < 4.78 is 5.39. The summed E-state index contributed by atoms with van der Waals surface area (Å²) in [7, 11) is 1.52. The lowest BCUT2D eigenvalue weighted by Gasteiger charge is -2.30. The van der Waals surface area contributed by atoms with Crippen LogP contribution in [-0.4, -0.2) is 54.7 Å². The van der Waals surface area contributed by atoms with Crippen LogP contribution in [0.2, 0.25) is 0 Å². The van der Waals surface area contributed by atoms with Crippen molar-refractivity contribution in [1.29, 1.82) is 0 Å². The molecule has 0 radical (unpaired) electrons. The van der Waals surface area contributed by atoms with Gasteiger partial charge in [-0.3, -0.25) is 9.59 Å². The number of nitrogens with zero attached hydrogens (tertiary/aromatic N) is 2. The summed E-state index contributed by atoms with van der Waals surface area (Å²) in [5.41, 5.74) is 1.23. The maximum Gasteiger partial charge on any atom is 0.321 e. The van der Waals surface area contributed by atoms with Crippen molar-refractivity contribution >= 4 is 29.3 Å². The Hall–Kier alpha value is -2.77. The number of anilines is 2. The van der Waals surface area contributed by atoms with Gasteiger partial charge < -0.3 is 25.0 Å². The minimum Gasteiger partial charge on any atom is -0.494 e. The van der Waals surface area contributed by atoms with E-state index in [2.05, 4.69) is 5.32 Å². The molecule has 2 saturated heterocycles. The van der Waals surface area contributed by atoms with Crippen LogP contribution in [0.4, 0.5) is 16.2 Å². The molecule has 140 valence electrons. The molecule has 0 spiro atoms. The summed E-state index contributed by atoms with van der Waals surface area (Å²) in [6.45, 7) is 1.40. The van der Waals surface area contributed by atoms with Crippen LogP contribution in [0.1, 0.15) is 25.7 Å². The smallest absolute Gasteiger partial charge is 0.321 e. The van der Waals surface area contributed by atoms with Gasteiger partial charge in [-0.25, -0.2) is 4.79 Å². The van der Waals surface area contributed by atoms with Gasteiger partial charge in [0.25, 0.3) is 0 Å². The van der Waals surface area contributed by atoms with Gasteiger partial charge in [-0.1, -0.05) is 0 Å². The number of hydrogen-bond acceptors (Lipinski definition) is 4. The number of likely N-dealkylation sites (tertiary alicyclic amines) is 1. The number of carbonyl (C=O) groups excluding carboxylic acids is 2. The van der Waals surface area contributed by atoms with E-state index in [-0.39, 0.29) is 18.5 Å². The number of urea groups is 1. The molecule has 1 unspecified atom stereocenters. The van der Waals surface area contributed by atoms with Crippen molar-refractivity contribution in [3.8, 4) is 5.75 Å². The van der Waals surface area contributed by atoms with E-state index >= 15 is 0 Å². The third-order valence-electron chi connectivity index (χ3n) is 4.85. The highest BCUT2D eigenvalue weighted by Crippen LogP contribution is 2.34. The standard InChI is InChI=1S/C18H23N3O5/c1-26-15-10-13(6-7-14(15)21-9-3-5-16(21)22)19-18(25)20-8-2-4-12(11-20)17(23)24/h6-7,10,12H,2-5,8-9,11H2,1H3,(H,19,25)(H,23,24). The van der Waals surface area contributed by atoms with Gasteiger partial charge in [-0.15, -0.1) is 0 Å². The third-order valence-corrected chi connectivity index (χ3v) is 4.85. The number of carboxylic acid groups (broad SMARTS) is 1. The molecule has 8 nitrogen and oxygen atoms in total. The number of rotatable bonds is 4. The number of hydrogen-bond donors (Lipinski definition) is 2. The molecule has 0 aliphatic carbocycles. The molecule has 2 heterocycles. The number of benzene rings is 1. The quantitative estimate of drug-likeness (QED) is 0.856. The predicted octanol–water partition coefficient (Wildman–Crippen LogP) is 2.15. The second kappa shape index (κ2) is 7.63. The Morgan fingerprint density at radius 3 is 2.73 bits per heavy atom. The van der Waals surface area contributed by atoms with Crippen LogP contribution in [-0.2, 0) is 9.59 Å². The third kappa shape index (κ3) is 3.74. The highest BCUT2D eigenvalue weighted by molar-refractivity contribution is 5.97. The molecule has 3 amide bonds. The number of methoxy groups -OCH3 is 1. The first-order valence-electron chi connectivity index (χ1n) is 8.76. The van der Waals surface area contributed by atoms with E-state index in [0.29, 0.717) is 49.5 Å². The van der Waals surface area contributed by atoms with E-state index in [4.69, 9.17) is 9.84 Å². The van der Waals surface area contributed by atoms with Crippen molar-refractivity contribution in [3.63, 3.8) is 0 Å². The topological polar surface area (TPSA) is 99.2 Å². The van der Waals surface area contributed by atoms with Crippen molar-refractivity contribution in [2.24, 2.45) is 5.92 Å². The maximum absolute atomic E-state index is 12.4. The van der Waals surface area contributed by atoms with Crippen LogP contribution in [0.5, 0.6) is 5.75 Å². The Labute approximate surface area is 151 Å². The van der Waals surface area contributed by atoms with Gasteiger partial charge >= 0.3 is 12.0 Å². The second-order valence-corrected chi connectivity index (χ2v) is 6.59. The molecular weight excluding hydrogens is 338 g/mol. The van der Waals surface area contributed by atoms with Crippen LogP contribution < -0.4 is 15.0 Å². The summed E-state index contributed by atoms with van der Waals surface area (Å²) in [4.78, 5) is 38.7. The predicted molar refractivity (Wildman–Crippen MR) is 95.5 cm³/mol. The lowest BCUT2D eigenvalue weighted by molar-refractivity contribution is -0.143. The first-order chi connectivity index (χ1) is 12.5. The van der Waals surface area contributed by atoms with E-state index in [9.17, 15) is 14.4 Å². The first kappa shape index (κ1) is 18.0. The monoisotopic (exact) mass is 361 g/mol. The maximum atomic E-state index is 12.4. The van der Waals surface area contributed by atoms with Gasteiger partial charge in [0.1, 0.15) is 5.75 Å². The SMILES string of the molecule is COc1cc(NC(=O)N2CCCC(C(=O)O)C2)ccc1N1CCCC1=O. The summed E-state index contributed by atoms with van der Waals surface area (Å²) in [5.74, 6) is -0.815. The Morgan fingerprint density at radius 1 is 1.27 bits per heavy atom. The second-order valence-electron chi connectivity index (χ2n) is 6.59. The van der Waals surface area contributed by atoms with E-state index in [1.54, 1.807) is 23.1 Å². The van der Waals surface area contributed by atoms with Crippen LogP contribution in [0.25, 0.3) is 0 Å². The molecular formula is C18H23N3O5. The number of piperidine rings is 1. The fourth-order valence-corrected chi connectivity index (χ4v) is 3.45. The number of amides is 3. The molecule has 0 aromatic heterocycles. The number of carboxylic acids is 1. The molecule has 1 aromatic carbocycles. The molecule has 1 atom stereocenters. The molecule has 3 rings (SSSR count). The van der Waals surface area contributed by atoms with Gasteiger partial charge in [0, 0.05) is 37.8 Å². The highest BCUT2D eigenvalue weighted by atomic mass is 16.5. The van der Waals surface area contributed by atoms with Crippen LogP contribution in [0.3, 0.4) is 0 Å². The highest BCUT2D eigenvalue weighted by Gasteiger charge is 2.28. The van der Waals surface area contributed by atoms with Crippen molar-refractivity contribution < 1.29 is 24.2 Å². The number of nitrogens with one attached hydrogen (secondary N) is 1. The average Bonchev–Trinajstić information content (AvgIpc) is 3.07. The van der Waals surface area contributed by atoms with E-state index in [0.717, 1.165) is 6.42 Å². The van der Waals surface area contributed by atoms with Gasteiger partial charge in [-0.2, -0.15) is 0 Å². The lowest BCUT2D eigenvalue weighted by Crippen LogP contribution is -2.44. The van der Waals surface area contributed by atoms with Crippen LogP contribution in [0.15, 0.2) is 18.2 Å². The minimum atomic E-state index is -0.871. The molecule has 2 fully saturated rings. The molecule has 26 heavy (non-hydrogen) atoms. The zero-order valence-electron chi connectivity index (χ0n) is 14.7. The molecule has 2 aliphatic heterocycles. The molecule has 0 bridgehead atoms. The summed E-state index contributed by atoms with van der Waals surface area (Å²) in [5, 5.41) is 11.9. The van der Waals surface area contributed by atoms with Gasteiger partial charge in [0.05, 0.1) is 18.7 Å². The van der Waals surface area contributed by atoms with Crippen molar-refractivity contribution in [2.45, 2.75) is 25.7 Å². The van der Waals surface area contributed by atoms with E-state index in [1.165, 1.54) is 12.0 Å². The molecule has 2 aliphatic rings. The lowest BCUT2D eigenvalue weighted by atomic mass is 9.99. The van der Waals surface area contributed by atoms with Crippen molar-refractivity contribution in [3.05, 3.63) is 18.2 Å². The number of ether oxygens (including phenoxy) is 1. The summed E-state index contributed by atoms with van der Waals surface area (Å²) in [6, 6.07) is 4.83. The average molecular weight is 361 g/mol. The molecule has 0 saturated carbocycles. The normalized spacial score (nSPS) is 20.2. The van der Waals surface area contributed by atoms with Gasteiger partial charge in [-0.05, 0) is 31.4 Å². The summed E-state index contributed by atoms with van der Waals surface area (Å²) >= 11 is 0. The largest absolute Gasteiger partial charge is 0.494 e. The number of carbonyl (C=O) groups is 3. The zero-order valence-corrected chi connectivity index (χ0v) is 14.7. The zero-order chi connectivity index (χ0) is 18.7. The van der Waals surface area contributed by atoms with Crippen LogP contribution >= 0.6 is 0 Å². The Bertz CT molecular complexity index is 721. The molecule has 2 N–H and O–H groups in total. The number of aliphatic carboxylic acids is 1. The Morgan fingerprint density at radius 2 is 2.08 bits per heavy atom. The molecule has 8 heteroatoms. The fraction of sp³-hybridized carbons (Fsp3) is 0.500. The van der Waals surface area contributed by atoms with Gasteiger partial charge in [0.15, 0.2) is 0 Å².